The average Bonchev–Trinajstić information content (AvgIpc) is 3.33. The van der Waals surface area contributed by atoms with Crippen molar-refractivity contribution in [3.8, 4) is 11.3 Å². The fraction of sp³-hybridized carbons (Fsp3) is 0.345. The number of carbonyl (C=O) groups excluding carboxylic acids is 1. The second kappa shape index (κ2) is 10.3. The molecule has 5 N–H and O–H groups in total. The van der Waals surface area contributed by atoms with Crippen molar-refractivity contribution >= 4 is 49.6 Å². The molecule has 1 amide bonds. The summed E-state index contributed by atoms with van der Waals surface area (Å²) in [5.74, 6) is 0.295. The fourth-order valence-corrected chi connectivity index (χ4v) is 7.01. The minimum Gasteiger partial charge on any atom is -0.396 e. The van der Waals surface area contributed by atoms with Gasteiger partial charge in [-0.15, -0.1) is 0 Å². The number of carbonyl (C=O) groups is 1. The summed E-state index contributed by atoms with van der Waals surface area (Å²) >= 11 is 3.07. The number of nitrogen functional groups attached to an aromatic ring is 1. The number of aromatic nitrogens is 3. The highest BCUT2D eigenvalue weighted by Gasteiger charge is 2.54. The molecule has 1 saturated carbocycles. The largest absolute Gasteiger partial charge is 0.396 e. The number of hydrogen-bond acceptors (Lipinski definition) is 8. The van der Waals surface area contributed by atoms with Gasteiger partial charge in [0.05, 0.1) is 16.8 Å². The Labute approximate surface area is 234 Å². The molecule has 5 aromatic rings. The van der Waals surface area contributed by atoms with E-state index in [0.29, 0.717) is 35.5 Å². The highest BCUT2D eigenvalue weighted by Crippen LogP contribution is 2.50. The van der Waals surface area contributed by atoms with Crippen molar-refractivity contribution in [1.29, 1.82) is 0 Å². The first-order chi connectivity index (χ1) is 18.9. The molecule has 2 unspecified atom stereocenters. The number of pyridine rings is 1. The van der Waals surface area contributed by atoms with Gasteiger partial charge in [-0.1, -0.05) is 37.3 Å². The highest BCUT2D eigenvalue weighted by atomic mass is 32.1. The third kappa shape index (κ3) is 5.05. The summed E-state index contributed by atoms with van der Waals surface area (Å²) in [6.45, 7) is 5.66. The SMILES string of the molecule is CC(C)CC1(CO)CC1NC(=O)c1c(-c2ccsc2)nc2c(CNCc3ccc4nc(N)sc4c3)cccn12. The predicted octanol–water partition coefficient (Wildman–Crippen LogP) is 5.07. The number of amides is 1. The van der Waals surface area contributed by atoms with Crippen LogP contribution >= 0.6 is 22.7 Å². The van der Waals surface area contributed by atoms with Gasteiger partial charge in [0, 0.05) is 47.3 Å². The molecular formula is C29H32N6O2S2. The van der Waals surface area contributed by atoms with Crippen molar-refractivity contribution in [2.45, 2.75) is 45.8 Å². The van der Waals surface area contributed by atoms with Crippen molar-refractivity contribution in [2.24, 2.45) is 11.3 Å². The van der Waals surface area contributed by atoms with E-state index in [0.717, 1.165) is 45.4 Å². The Bertz CT molecular complexity index is 1640. The smallest absolute Gasteiger partial charge is 0.270 e. The molecule has 1 aromatic carbocycles. The molecule has 0 radical (unpaired) electrons. The van der Waals surface area contributed by atoms with Crippen LogP contribution in [-0.2, 0) is 13.1 Å². The van der Waals surface area contributed by atoms with Gasteiger partial charge in [0.15, 0.2) is 5.13 Å². The first kappa shape index (κ1) is 25.9. The van der Waals surface area contributed by atoms with Crippen LogP contribution in [0.2, 0.25) is 0 Å². The number of nitrogens with one attached hydrogen (secondary N) is 2. The van der Waals surface area contributed by atoms with Gasteiger partial charge in [0.25, 0.3) is 5.91 Å². The summed E-state index contributed by atoms with van der Waals surface area (Å²) in [4.78, 5) is 23.0. The second-order valence-corrected chi connectivity index (χ2v) is 12.7. The third-order valence-electron chi connectivity index (χ3n) is 7.48. The van der Waals surface area contributed by atoms with Crippen molar-refractivity contribution < 1.29 is 9.90 Å². The molecule has 0 saturated heterocycles. The van der Waals surface area contributed by atoms with Gasteiger partial charge in [-0.05, 0) is 54.0 Å². The van der Waals surface area contributed by atoms with Gasteiger partial charge in [-0.25, -0.2) is 9.97 Å². The molecule has 1 fully saturated rings. The zero-order chi connectivity index (χ0) is 27.1. The zero-order valence-electron chi connectivity index (χ0n) is 22.0. The molecule has 8 nitrogen and oxygen atoms in total. The van der Waals surface area contributed by atoms with Crippen LogP contribution in [0.4, 0.5) is 5.13 Å². The number of anilines is 1. The average molecular weight is 561 g/mol. The van der Waals surface area contributed by atoms with E-state index in [1.807, 2.05) is 45.6 Å². The molecule has 4 heterocycles. The van der Waals surface area contributed by atoms with Gasteiger partial charge in [-0.2, -0.15) is 11.3 Å². The minimum absolute atomic E-state index is 0.0330. The molecule has 4 aromatic heterocycles. The van der Waals surface area contributed by atoms with E-state index >= 15 is 0 Å². The second-order valence-electron chi connectivity index (χ2n) is 10.9. The standard InChI is InChI=1S/C29H32N6O2S2/c1-17(2)11-29(16-36)12-23(29)33-27(37)25-24(20-7-9-38-15-20)34-26-19(4-3-8-35(25)26)14-31-13-18-5-6-21-22(10-18)39-28(30)32-21/h3-10,15,17,23,31,36H,11-14,16H2,1-2H3,(H2,30,32)(H,33,37). The molecule has 0 bridgehead atoms. The number of nitrogens with two attached hydrogens (primary N) is 1. The lowest BCUT2D eigenvalue weighted by molar-refractivity contribution is 0.0929. The lowest BCUT2D eigenvalue weighted by Gasteiger charge is -2.17. The van der Waals surface area contributed by atoms with E-state index < -0.39 is 0 Å². The van der Waals surface area contributed by atoms with E-state index in [-0.39, 0.29) is 24.0 Å². The first-order valence-corrected chi connectivity index (χ1v) is 14.9. The van der Waals surface area contributed by atoms with Gasteiger partial charge >= 0.3 is 0 Å². The summed E-state index contributed by atoms with van der Waals surface area (Å²) in [7, 11) is 0. The van der Waals surface area contributed by atoms with Gasteiger partial charge in [0.1, 0.15) is 17.0 Å². The van der Waals surface area contributed by atoms with Crippen molar-refractivity contribution in [2.75, 3.05) is 12.3 Å². The molecule has 1 aliphatic carbocycles. The number of hydrogen-bond donors (Lipinski definition) is 4. The molecule has 2 atom stereocenters. The van der Waals surface area contributed by atoms with E-state index in [1.165, 1.54) is 11.3 Å². The zero-order valence-corrected chi connectivity index (χ0v) is 23.6. The quantitative estimate of drug-likeness (QED) is 0.189. The number of thiophene rings is 1. The normalized spacial score (nSPS) is 18.8. The number of aliphatic hydroxyl groups is 1. The predicted molar refractivity (Wildman–Crippen MR) is 158 cm³/mol. The van der Waals surface area contributed by atoms with Crippen LogP contribution in [0.3, 0.4) is 0 Å². The highest BCUT2D eigenvalue weighted by molar-refractivity contribution is 7.22. The first-order valence-electron chi connectivity index (χ1n) is 13.2. The number of nitrogens with zero attached hydrogens (tertiary/aromatic N) is 3. The third-order valence-corrected chi connectivity index (χ3v) is 9.01. The number of imidazole rings is 1. The van der Waals surface area contributed by atoms with Crippen molar-refractivity contribution in [1.82, 2.24) is 25.0 Å². The minimum atomic E-state index is -0.226. The maximum atomic E-state index is 13.7. The Morgan fingerprint density at radius 2 is 2.13 bits per heavy atom. The number of aliphatic hydroxyl groups excluding tert-OH is 1. The number of benzene rings is 1. The summed E-state index contributed by atoms with van der Waals surface area (Å²) in [5.41, 5.74) is 11.6. The molecule has 202 valence electrons. The van der Waals surface area contributed by atoms with Crippen molar-refractivity contribution in [3.63, 3.8) is 0 Å². The summed E-state index contributed by atoms with van der Waals surface area (Å²) in [6.07, 6.45) is 3.59. The molecule has 39 heavy (non-hydrogen) atoms. The number of rotatable bonds is 10. The summed E-state index contributed by atoms with van der Waals surface area (Å²) in [5, 5.41) is 21.4. The Morgan fingerprint density at radius 1 is 1.26 bits per heavy atom. The molecule has 0 spiro atoms. The monoisotopic (exact) mass is 560 g/mol. The van der Waals surface area contributed by atoms with Gasteiger partial charge in [-0.3, -0.25) is 9.20 Å². The number of fused-ring (bicyclic) bond motifs is 2. The molecule has 6 rings (SSSR count). The van der Waals surface area contributed by atoms with Crippen LogP contribution in [0, 0.1) is 11.3 Å². The van der Waals surface area contributed by atoms with Crippen molar-refractivity contribution in [3.05, 3.63) is 70.2 Å². The Balaban J connectivity index is 1.26. The van der Waals surface area contributed by atoms with Crippen LogP contribution in [-0.4, -0.2) is 38.0 Å². The molecule has 1 aliphatic rings. The molecule has 10 heteroatoms. The van der Waals surface area contributed by atoms with E-state index in [1.54, 1.807) is 11.3 Å². The molecular weight excluding hydrogens is 528 g/mol. The lowest BCUT2D eigenvalue weighted by Crippen LogP contribution is -2.32. The van der Waals surface area contributed by atoms with Crippen LogP contribution in [0.5, 0.6) is 0 Å². The number of thiazole rings is 1. The van der Waals surface area contributed by atoms with E-state index in [9.17, 15) is 9.90 Å². The summed E-state index contributed by atoms with van der Waals surface area (Å²) in [6, 6.07) is 12.1. The van der Waals surface area contributed by atoms with E-state index in [4.69, 9.17) is 10.7 Å². The Hall–Kier alpha value is -3.31. The van der Waals surface area contributed by atoms with E-state index in [2.05, 4.69) is 41.6 Å². The van der Waals surface area contributed by atoms with Crippen LogP contribution in [0.1, 0.15) is 48.3 Å². The van der Waals surface area contributed by atoms with Crippen LogP contribution < -0.4 is 16.4 Å². The fourth-order valence-electron chi connectivity index (χ4n) is 5.57. The van der Waals surface area contributed by atoms with Crippen LogP contribution in [0.15, 0.2) is 53.4 Å². The maximum Gasteiger partial charge on any atom is 0.270 e. The molecule has 0 aliphatic heterocycles. The van der Waals surface area contributed by atoms with Crippen LogP contribution in [0.25, 0.3) is 27.1 Å². The van der Waals surface area contributed by atoms with Gasteiger partial charge < -0.3 is 21.5 Å². The summed E-state index contributed by atoms with van der Waals surface area (Å²) < 4.78 is 2.98. The topological polar surface area (TPSA) is 118 Å². The Kier molecular flexibility index (Phi) is 6.88. The Morgan fingerprint density at radius 3 is 2.90 bits per heavy atom. The van der Waals surface area contributed by atoms with Gasteiger partial charge in [0.2, 0.25) is 0 Å². The lowest BCUT2D eigenvalue weighted by atomic mass is 9.94. The maximum absolute atomic E-state index is 13.7.